The molecule has 7 heteroatoms. The largest absolute Gasteiger partial charge is 0.335 e. The van der Waals surface area contributed by atoms with Gasteiger partial charge in [0.2, 0.25) is 5.91 Å². The lowest BCUT2D eigenvalue weighted by Crippen LogP contribution is -2.47. The predicted octanol–water partition coefficient (Wildman–Crippen LogP) is 4.97. The fourth-order valence-electron chi connectivity index (χ4n) is 3.70. The van der Waals surface area contributed by atoms with E-state index in [0.29, 0.717) is 24.4 Å². The van der Waals surface area contributed by atoms with Gasteiger partial charge in [-0.2, -0.15) is 0 Å². The zero-order valence-electron chi connectivity index (χ0n) is 16.0. The van der Waals surface area contributed by atoms with Crippen LogP contribution in [0.4, 0.5) is 0 Å². The van der Waals surface area contributed by atoms with Crippen LogP contribution in [0.1, 0.15) is 75.4 Å². The molecule has 5 nitrogen and oxygen atoms in total. The molecule has 1 aromatic rings. The van der Waals surface area contributed by atoms with Gasteiger partial charge in [0.25, 0.3) is 5.56 Å². The molecular weight excluding hydrogens is 477 g/mol. The Bertz CT molecular complexity index is 775. The standard InChI is InChI=1S/C20H27ClIN3O2/c1-4-5-8-16-13(2)25(14(3)26)12-17-18(16)23-19(24-20(17)27)15(9-11-22)7-6-10-21/h6,9-11,13,15-16H,4-5,7-8,12H2,1-3H3,(H,23,24,27)/b10-6+,11-9-/t13-,15?,16-/m0/s1. The molecule has 0 bridgehead atoms. The van der Waals surface area contributed by atoms with Crippen LogP contribution in [0, 0.1) is 0 Å². The van der Waals surface area contributed by atoms with Gasteiger partial charge in [0.15, 0.2) is 0 Å². The first-order valence-corrected chi connectivity index (χ1v) is 11.0. The third-order valence-electron chi connectivity index (χ3n) is 5.23. The molecule has 148 valence electrons. The minimum Gasteiger partial charge on any atom is -0.335 e. The van der Waals surface area contributed by atoms with Gasteiger partial charge in [0, 0.05) is 30.3 Å². The topological polar surface area (TPSA) is 66.1 Å². The number of nitrogens with one attached hydrogen (secondary N) is 1. The molecular formula is C20H27ClIN3O2. The van der Waals surface area contributed by atoms with E-state index in [1.54, 1.807) is 11.8 Å². The van der Waals surface area contributed by atoms with Crippen LogP contribution in [0.2, 0.25) is 0 Å². The Labute approximate surface area is 179 Å². The van der Waals surface area contributed by atoms with Gasteiger partial charge in [-0.15, -0.1) is 0 Å². The van der Waals surface area contributed by atoms with Crippen molar-refractivity contribution in [3.8, 4) is 0 Å². The van der Waals surface area contributed by atoms with Crippen LogP contribution in [0.15, 0.2) is 26.6 Å². The minimum atomic E-state index is -0.142. The van der Waals surface area contributed by atoms with Gasteiger partial charge in [-0.3, -0.25) is 9.59 Å². The van der Waals surface area contributed by atoms with E-state index in [1.165, 1.54) is 5.54 Å². The smallest absolute Gasteiger partial charge is 0.256 e. The summed E-state index contributed by atoms with van der Waals surface area (Å²) in [7, 11) is 0. The number of halogens is 2. The maximum atomic E-state index is 12.9. The van der Waals surface area contributed by atoms with Crippen molar-refractivity contribution >= 4 is 40.1 Å². The quantitative estimate of drug-likeness (QED) is 0.534. The Balaban J connectivity index is 2.54. The van der Waals surface area contributed by atoms with Gasteiger partial charge >= 0.3 is 0 Å². The number of rotatable bonds is 7. The zero-order valence-corrected chi connectivity index (χ0v) is 19.0. The normalized spacial score (nSPS) is 21.0. The zero-order chi connectivity index (χ0) is 20.0. The third-order valence-corrected chi connectivity index (χ3v) is 5.82. The lowest BCUT2D eigenvalue weighted by Gasteiger charge is -2.39. The number of hydrogen-bond acceptors (Lipinski definition) is 3. The third kappa shape index (κ3) is 5.22. The highest BCUT2D eigenvalue weighted by atomic mass is 127. The second kappa shape index (κ2) is 10.4. The average molecular weight is 504 g/mol. The predicted molar refractivity (Wildman–Crippen MR) is 118 cm³/mol. The number of fused-ring (bicyclic) bond motifs is 1. The Morgan fingerprint density at radius 2 is 2.26 bits per heavy atom. The summed E-state index contributed by atoms with van der Waals surface area (Å²) >= 11 is 7.86. The molecule has 3 atom stereocenters. The molecule has 1 aliphatic heterocycles. The summed E-state index contributed by atoms with van der Waals surface area (Å²) in [6, 6.07) is 0.0324. The van der Waals surface area contributed by atoms with Crippen LogP contribution in [0.5, 0.6) is 0 Å². The first kappa shape index (κ1) is 22.1. The van der Waals surface area contributed by atoms with Crippen molar-refractivity contribution in [3.05, 3.63) is 49.2 Å². The van der Waals surface area contributed by atoms with Gasteiger partial charge in [-0.25, -0.2) is 4.98 Å². The number of nitrogens with zero attached hydrogens (tertiary/aromatic N) is 2. The number of carbonyl (C=O) groups excluding carboxylic acids is 1. The molecule has 2 rings (SSSR count). The highest BCUT2D eigenvalue weighted by Crippen LogP contribution is 2.35. The monoisotopic (exact) mass is 503 g/mol. The molecule has 0 aliphatic carbocycles. The van der Waals surface area contributed by atoms with Crippen LogP contribution in [0.25, 0.3) is 0 Å². The number of carbonyl (C=O) groups is 1. The molecule has 1 aromatic heterocycles. The van der Waals surface area contributed by atoms with Crippen molar-refractivity contribution < 1.29 is 4.79 Å². The molecule has 0 saturated heterocycles. The second-order valence-corrected chi connectivity index (χ2v) is 7.94. The van der Waals surface area contributed by atoms with Crippen molar-refractivity contribution in [2.24, 2.45) is 0 Å². The SMILES string of the molecule is CCCC[C@@H]1c2nc(C(/C=C\I)C/C=C/Cl)[nH]c(=O)c2CN(C(C)=O)[C@H]1C. The lowest BCUT2D eigenvalue weighted by atomic mass is 9.84. The van der Waals surface area contributed by atoms with Crippen LogP contribution < -0.4 is 5.56 Å². The van der Waals surface area contributed by atoms with E-state index in [-0.39, 0.29) is 29.3 Å². The molecule has 1 amide bonds. The van der Waals surface area contributed by atoms with Gasteiger partial charge < -0.3 is 9.88 Å². The molecule has 0 radical (unpaired) electrons. The fourth-order valence-corrected chi connectivity index (χ4v) is 4.30. The number of hydrogen-bond donors (Lipinski definition) is 1. The van der Waals surface area contributed by atoms with E-state index in [1.807, 2.05) is 16.2 Å². The summed E-state index contributed by atoms with van der Waals surface area (Å²) in [5.41, 5.74) is 2.82. The molecule has 0 fully saturated rings. The Morgan fingerprint density at radius 1 is 1.52 bits per heavy atom. The first-order chi connectivity index (χ1) is 12.9. The number of allylic oxidation sites excluding steroid dienone is 2. The van der Waals surface area contributed by atoms with Crippen molar-refractivity contribution in [2.45, 2.75) is 70.9 Å². The highest BCUT2D eigenvalue weighted by molar-refractivity contribution is 14.1. The van der Waals surface area contributed by atoms with Gasteiger partial charge in [-0.05, 0) is 23.8 Å². The molecule has 1 aliphatic rings. The van der Waals surface area contributed by atoms with Crippen LogP contribution in [-0.2, 0) is 11.3 Å². The summed E-state index contributed by atoms with van der Waals surface area (Å²) in [6.45, 7) is 6.10. The summed E-state index contributed by atoms with van der Waals surface area (Å²) in [5.74, 6) is 0.692. The maximum absolute atomic E-state index is 12.9. The van der Waals surface area contributed by atoms with E-state index >= 15 is 0 Å². The number of aromatic amines is 1. The number of H-pyrrole nitrogens is 1. The lowest BCUT2D eigenvalue weighted by molar-refractivity contribution is -0.132. The summed E-state index contributed by atoms with van der Waals surface area (Å²) in [5, 5.41) is 0. The van der Waals surface area contributed by atoms with Gasteiger partial charge in [0.1, 0.15) is 5.82 Å². The Hall–Kier alpha value is -1.15. The van der Waals surface area contributed by atoms with Crippen molar-refractivity contribution in [3.63, 3.8) is 0 Å². The molecule has 1 N–H and O–H groups in total. The molecule has 0 aromatic carbocycles. The molecule has 0 saturated carbocycles. The summed E-state index contributed by atoms with van der Waals surface area (Å²) < 4.78 is 1.93. The maximum Gasteiger partial charge on any atom is 0.256 e. The average Bonchev–Trinajstić information content (AvgIpc) is 2.63. The molecule has 0 spiro atoms. The van der Waals surface area contributed by atoms with Gasteiger partial charge in [0.05, 0.1) is 17.8 Å². The summed E-state index contributed by atoms with van der Waals surface area (Å²) in [4.78, 5) is 34.6. The highest BCUT2D eigenvalue weighted by Gasteiger charge is 2.36. The van der Waals surface area contributed by atoms with E-state index in [9.17, 15) is 9.59 Å². The second-order valence-electron chi connectivity index (χ2n) is 6.97. The molecule has 1 unspecified atom stereocenters. The van der Waals surface area contributed by atoms with Crippen molar-refractivity contribution in [2.75, 3.05) is 0 Å². The van der Waals surface area contributed by atoms with E-state index in [0.717, 1.165) is 25.0 Å². The van der Waals surface area contributed by atoms with Gasteiger partial charge in [-0.1, -0.05) is 66.1 Å². The van der Waals surface area contributed by atoms with Crippen LogP contribution >= 0.6 is 34.2 Å². The minimum absolute atomic E-state index is 0.00361. The Kier molecular flexibility index (Phi) is 8.54. The van der Waals surface area contributed by atoms with Crippen LogP contribution in [0.3, 0.4) is 0 Å². The van der Waals surface area contributed by atoms with E-state index < -0.39 is 0 Å². The Morgan fingerprint density at radius 3 is 2.85 bits per heavy atom. The molecule has 27 heavy (non-hydrogen) atoms. The van der Waals surface area contributed by atoms with Crippen molar-refractivity contribution in [1.29, 1.82) is 0 Å². The molecule has 2 heterocycles. The van der Waals surface area contributed by atoms with Crippen LogP contribution in [-0.4, -0.2) is 26.8 Å². The first-order valence-electron chi connectivity index (χ1n) is 9.36. The van der Waals surface area contributed by atoms with E-state index in [4.69, 9.17) is 16.6 Å². The van der Waals surface area contributed by atoms with Crippen molar-refractivity contribution in [1.82, 2.24) is 14.9 Å². The van der Waals surface area contributed by atoms with E-state index in [2.05, 4.69) is 41.4 Å². The summed E-state index contributed by atoms with van der Waals surface area (Å²) in [6.07, 6.45) is 7.55. The number of amides is 1. The number of unbranched alkanes of at least 4 members (excludes halogenated alkanes) is 1. The fraction of sp³-hybridized carbons (Fsp3) is 0.550. The number of aromatic nitrogens is 2.